The molecular formula is C13H7ClN4O3. The lowest BCUT2D eigenvalue weighted by Gasteiger charge is -2.10. The Morgan fingerprint density at radius 3 is 2.52 bits per heavy atom. The van der Waals surface area contributed by atoms with E-state index in [1.54, 1.807) is 0 Å². The molecule has 1 aliphatic heterocycles. The van der Waals surface area contributed by atoms with Crippen LogP contribution in [-0.4, -0.2) is 32.6 Å². The number of benzene rings is 1. The Labute approximate surface area is 123 Å². The molecule has 21 heavy (non-hydrogen) atoms. The predicted molar refractivity (Wildman–Crippen MR) is 72.7 cm³/mol. The van der Waals surface area contributed by atoms with E-state index < -0.39 is 17.7 Å². The number of carbonyl (C=O) groups excluding carboxylic acids is 3. The highest BCUT2D eigenvalue weighted by Gasteiger charge is 2.41. The summed E-state index contributed by atoms with van der Waals surface area (Å²) in [7, 11) is 0. The number of nitrogens with two attached hydrogens (primary N) is 1. The molecule has 2 N–H and O–H groups in total. The van der Waals surface area contributed by atoms with E-state index in [2.05, 4.69) is 9.97 Å². The second-order valence-corrected chi connectivity index (χ2v) is 4.63. The van der Waals surface area contributed by atoms with Gasteiger partial charge in [0, 0.05) is 5.69 Å². The van der Waals surface area contributed by atoms with Crippen molar-refractivity contribution >= 4 is 35.0 Å². The Balaban J connectivity index is 2.04. The molecule has 1 aliphatic rings. The van der Waals surface area contributed by atoms with Crippen molar-refractivity contribution in [3.8, 4) is 0 Å². The van der Waals surface area contributed by atoms with Crippen LogP contribution in [0.25, 0.3) is 0 Å². The van der Waals surface area contributed by atoms with Crippen LogP contribution in [0, 0.1) is 0 Å². The van der Waals surface area contributed by atoms with Crippen molar-refractivity contribution in [2.45, 2.75) is 0 Å². The van der Waals surface area contributed by atoms with Crippen LogP contribution in [0.3, 0.4) is 0 Å². The zero-order chi connectivity index (χ0) is 15.1. The monoisotopic (exact) mass is 302 g/mol. The van der Waals surface area contributed by atoms with Gasteiger partial charge in [-0.1, -0.05) is 17.7 Å². The predicted octanol–water partition coefficient (Wildman–Crippen LogP) is 1.15. The van der Waals surface area contributed by atoms with Gasteiger partial charge in [0.05, 0.1) is 23.5 Å². The molecule has 7 nitrogen and oxygen atoms in total. The smallest absolute Gasteiger partial charge is 0.288 e. The summed E-state index contributed by atoms with van der Waals surface area (Å²) < 4.78 is 0. The third-order valence-corrected chi connectivity index (χ3v) is 3.18. The molecule has 0 radical (unpaired) electrons. The molecule has 0 saturated carbocycles. The summed E-state index contributed by atoms with van der Waals surface area (Å²) in [5, 5.41) is 0.0955. The van der Waals surface area contributed by atoms with E-state index in [1.807, 2.05) is 0 Å². The normalized spacial score (nSPS) is 13.5. The Morgan fingerprint density at radius 2 is 1.90 bits per heavy atom. The number of rotatable bonds is 1. The highest BCUT2D eigenvalue weighted by Crippen LogP contribution is 2.28. The Bertz CT molecular complexity index is 789. The van der Waals surface area contributed by atoms with Crippen molar-refractivity contribution in [3.63, 3.8) is 0 Å². The van der Waals surface area contributed by atoms with Gasteiger partial charge in [0.15, 0.2) is 0 Å². The Kier molecular flexibility index (Phi) is 2.91. The minimum atomic E-state index is -0.871. The van der Waals surface area contributed by atoms with Crippen LogP contribution in [0.15, 0.2) is 30.6 Å². The Hall–Kier alpha value is -2.80. The fraction of sp³-hybridized carbons (Fsp3) is 0. The van der Waals surface area contributed by atoms with Crippen molar-refractivity contribution in [2.75, 3.05) is 5.73 Å². The molecule has 0 fully saturated rings. The summed E-state index contributed by atoms with van der Waals surface area (Å²) >= 11 is 5.58. The molecule has 2 heterocycles. The maximum absolute atomic E-state index is 12.3. The average molecular weight is 303 g/mol. The summed E-state index contributed by atoms with van der Waals surface area (Å²) in [6.45, 7) is 0. The quantitative estimate of drug-likeness (QED) is 0.625. The van der Waals surface area contributed by atoms with Crippen molar-refractivity contribution in [3.05, 3.63) is 52.6 Å². The first-order valence-corrected chi connectivity index (χ1v) is 6.17. The SMILES string of the molecule is Nc1cccc2c1C(=O)N(C(=O)c1cnc(Cl)cn1)C2=O. The number of aromatic nitrogens is 2. The second kappa shape index (κ2) is 4.64. The van der Waals surface area contributed by atoms with Gasteiger partial charge in [-0.05, 0) is 12.1 Å². The van der Waals surface area contributed by atoms with E-state index in [-0.39, 0.29) is 27.7 Å². The van der Waals surface area contributed by atoms with E-state index in [4.69, 9.17) is 17.3 Å². The van der Waals surface area contributed by atoms with E-state index in [1.165, 1.54) is 18.2 Å². The van der Waals surface area contributed by atoms with Gasteiger partial charge in [-0.15, -0.1) is 0 Å². The van der Waals surface area contributed by atoms with Crippen LogP contribution < -0.4 is 5.73 Å². The molecule has 1 aromatic carbocycles. The number of nitrogens with zero attached hydrogens (tertiary/aromatic N) is 3. The molecule has 2 aromatic rings. The van der Waals surface area contributed by atoms with Crippen LogP contribution in [0.4, 0.5) is 5.69 Å². The number of nitrogen functional groups attached to an aromatic ring is 1. The van der Waals surface area contributed by atoms with Crippen LogP contribution in [0.5, 0.6) is 0 Å². The van der Waals surface area contributed by atoms with Gasteiger partial charge in [0.1, 0.15) is 10.8 Å². The van der Waals surface area contributed by atoms with E-state index in [0.29, 0.717) is 4.90 Å². The fourth-order valence-corrected chi connectivity index (χ4v) is 2.13. The largest absolute Gasteiger partial charge is 0.398 e. The van der Waals surface area contributed by atoms with Crippen LogP contribution in [-0.2, 0) is 0 Å². The summed E-state index contributed by atoms with van der Waals surface area (Å²) in [5.41, 5.74) is 5.79. The molecular weight excluding hydrogens is 296 g/mol. The number of amides is 3. The number of hydrogen-bond donors (Lipinski definition) is 1. The molecule has 3 amide bonds. The van der Waals surface area contributed by atoms with Gasteiger partial charge in [-0.2, -0.15) is 0 Å². The van der Waals surface area contributed by atoms with E-state index in [0.717, 1.165) is 12.4 Å². The molecule has 1 aromatic heterocycles. The molecule has 104 valence electrons. The molecule has 0 spiro atoms. The number of anilines is 1. The lowest BCUT2D eigenvalue weighted by atomic mass is 10.1. The van der Waals surface area contributed by atoms with Gasteiger partial charge < -0.3 is 5.73 Å². The highest BCUT2D eigenvalue weighted by molar-refractivity contribution is 6.32. The van der Waals surface area contributed by atoms with Crippen molar-refractivity contribution < 1.29 is 14.4 Å². The number of carbonyl (C=O) groups is 3. The molecule has 0 atom stereocenters. The third-order valence-electron chi connectivity index (χ3n) is 2.99. The van der Waals surface area contributed by atoms with Crippen LogP contribution in [0.1, 0.15) is 31.2 Å². The zero-order valence-electron chi connectivity index (χ0n) is 10.4. The maximum Gasteiger partial charge on any atom is 0.288 e. The molecule has 0 saturated heterocycles. The summed E-state index contributed by atoms with van der Waals surface area (Å²) in [5.74, 6) is -2.37. The molecule has 0 bridgehead atoms. The summed E-state index contributed by atoms with van der Waals surface area (Å²) in [6.07, 6.45) is 2.25. The topological polar surface area (TPSA) is 106 Å². The van der Waals surface area contributed by atoms with Gasteiger partial charge in [-0.3, -0.25) is 14.4 Å². The highest BCUT2D eigenvalue weighted by atomic mass is 35.5. The van der Waals surface area contributed by atoms with Crippen LogP contribution in [0.2, 0.25) is 5.15 Å². The van der Waals surface area contributed by atoms with Crippen molar-refractivity contribution in [2.24, 2.45) is 0 Å². The average Bonchev–Trinajstić information content (AvgIpc) is 2.72. The minimum Gasteiger partial charge on any atom is -0.398 e. The molecule has 0 unspecified atom stereocenters. The second-order valence-electron chi connectivity index (χ2n) is 4.25. The summed E-state index contributed by atoms with van der Waals surface area (Å²) in [6, 6.07) is 4.46. The van der Waals surface area contributed by atoms with Crippen molar-refractivity contribution in [1.29, 1.82) is 0 Å². The van der Waals surface area contributed by atoms with E-state index in [9.17, 15) is 14.4 Å². The molecule has 8 heteroatoms. The van der Waals surface area contributed by atoms with Crippen molar-refractivity contribution in [1.82, 2.24) is 14.9 Å². The lowest BCUT2D eigenvalue weighted by Crippen LogP contribution is -2.36. The first-order chi connectivity index (χ1) is 10.0. The number of halogens is 1. The van der Waals surface area contributed by atoms with Gasteiger partial charge in [0.25, 0.3) is 17.7 Å². The number of imide groups is 3. The number of hydrogen-bond acceptors (Lipinski definition) is 6. The molecule has 0 aliphatic carbocycles. The number of fused-ring (bicyclic) bond motifs is 1. The van der Waals surface area contributed by atoms with Gasteiger partial charge >= 0.3 is 0 Å². The zero-order valence-corrected chi connectivity index (χ0v) is 11.2. The standard InChI is InChI=1S/C13H7ClN4O3/c14-9-5-16-8(4-17-9)12(20)18-11(19)6-2-1-3-7(15)10(6)13(18)21/h1-5H,15H2. The molecule has 3 rings (SSSR count). The Morgan fingerprint density at radius 1 is 1.14 bits per heavy atom. The van der Waals surface area contributed by atoms with Gasteiger partial charge in [0.2, 0.25) is 0 Å². The maximum atomic E-state index is 12.3. The first kappa shape index (κ1) is 13.2. The first-order valence-electron chi connectivity index (χ1n) is 5.80. The summed E-state index contributed by atoms with van der Waals surface area (Å²) in [4.78, 5) is 44.6. The minimum absolute atomic E-state index is 0.0257. The van der Waals surface area contributed by atoms with Gasteiger partial charge in [-0.25, -0.2) is 14.9 Å². The third kappa shape index (κ3) is 1.95. The lowest BCUT2D eigenvalue weighted by molar-refractivity contribution is 0.0563. The fourth-order valence-electron chi connectivity index (χ4n) is 2.03. The van der Waals surface area contributed by atoms with Crippen LogP contribution >= 0.6 is 11.6 Å². The van der Waals surface area contributed by atoms with E-state index >= 15 is 0 Å².